The lowest BCUT2D eigenvalue weighted by Crippen LogP contribution is -2.60. The second-order valence-electron chi connectivity index (χ2n) is 16.8. The molecular weight excluding hydrogens is 785 g/mol. The lowest BCUT2D eigenvalue weighted by Gasteiger charge is -2.32. The Kier molecular flexibility index (Phi) is 11.5. The predicted octanol–water partition coefficient (Wildman–Crippen LogP) is 4.01. The molecule has 58 heavy (non-hydrogen) atoms. The van der Waals surface area contributed by atoms with Crippen molar-refractivity contribution in [2.45, 2.75) is 99.9 Å². The molecule has 1 aromatic carbocycles. The van der Waals surface area contributed by atoms with Crippen LogP contribution in [0, 0.1) is 23.7 Å². The van der Waals surface area contributed by atoms with Crippen molar-refractivity contribution in [1.29, 1.82) is 0 Å². The number of sulfonamides is 1. The number of carbonyl (C=O) groups excluding carboxylic acids is 5. The molecule has 2 aromatic rings. The van der Waals surface area contributed by atoms with Crippen molar-refractivity contribution in [2.24, 2.45) is 23.7 Å². The standard InChI is InChI=1S/C41H52N6O9S2/c1-55-29-15-13-26(14-16-29)33-24-57-36(42-33)38(50)46-20-27-21-47-34(31(27)22-46)35(48)44-41(39(51)45-58(53,54)30-17-18-30)19-28(41)11-5-3-2-4-6-12-32(37(47)49)43-40(52)56-23-25-9-7-8-10-25/h5,11,13-16,24-25,27-28,30-32,34H,2-4,6-10,12,17-23H2,1H3,(H,43,52)(H,44,48)(H,45,51)/b11-5-/t27-,28+,31-,32-,34-,41+/m0/s1. The summed E-state index contributed by atoms with van der Waals surface area (Å²) in [5, 5.41) is 7.25. The molecule has 5 amide bonds. The first-order valence-corrected chi connectivity index (χ1v) is 23.1. The molecule has 0 unspecified atom stereocenters. The molecule has 0 radical (unpaired) electrons. The van der Waals surface area contributed by atoms with E-state index in [1.165, 1.54) is 16.2 Å². The summed E-state index contributed by atoms with van der Waals surface area (Å²) in [5.41, 5.74) is -0.0387. The first kappa shape index (κ1) is 40.3. The highest BCUT2D eigenvalue weighted by Gasteiger charge is 2.63. The molecule has 0 bridgehead atoms. The van der Waals surface area contributed by atoms with Crippen LogP contribution in [-0.4, -0.2) is 109 Å². The Balaban J connectivity index is 1.05. The fourth-order valence-corrected chi connectivity index (χ4v) is 11.3. The molecule has 17 heteroatoms. The van der Waals surface area contributed by atoms with Gasteiger partial charge in [-0.2, -0.15) is 0 Å². The Hall–Kier alpha value is -4.51. The fraction of sp³-hybridized carbons (Fsp3) is 0.610. The topological polar surface area (TPSA) is 193 Å². The predicted molar refractivity (Wildman–Crippen MR) is 214 cm³/mol. The number of nitrogens with zero attached hydrogens (tertiary/aromatic N) is 3. The zero-order valence-electron chi connectivity index (χ0n) is 32.7. The lowest BCUT2D eigenvalue weighted by molar-refractivity contribution is -0.142. The first-order valence-electron chi connectivity index (χ1n) is 20.6. The number of likely N-dealkylation sites (tertiary alicyclic amines) is 1. The number of amides is 5. The third-order valence-corrected chi connectivity index (χ3v) is 15.4. The molecule has 5 fully saturated rings. The summed E-state index contributed by atoms with van der Waals surface area (Å²) >= 11 is 1.23. The number of hydrogen-bond donors (Lipinski definition) is 3. The maximum atomic E-state index is 14.7. The Morgan fingerprint density at radius 3 is 2.48 bits per heavy atom. The van der Waals surface area contributed by atoms with Crippen LogP contribution in [0.3, 0.4) is 0 Å². The van der Waals surface area contributed by atoms with Crippen LogP contribution in [-0.2, 0) is 29.1 Å². The average molecular weight is 837 g/mol. The van der Waals surface area contributed by atoms with E-state index in [1.54, 1.807) is 12.0 Å². The molecule has 3 aliphatic carbocycles. The van der Waals surface area contributed by atoms with Gasteiger partial charge < -0.3 is 29.9 Å². The van der Waals surface area contributed by atoms with Crippen molar-refractivity contribution in [3.63, 3.8) is 0 Å². The Bertz CT molecular complexity index is 2050. The number of fused-ring (bicyclic) bond motifs is 4. The van der Waals surface area contributed by atoms with Gasteiger partial charge in [0.25, 0.3) is 11.8 Å². The van der Waals surface area contributed by atoms with Crippen molar-refractivity contribution in [1.82, 2.24) is 30.1 Å². The highest BCUT2D eigenvalue weighted by molar-refractivity contribution is 7.91. The van der Waals surface area contributed by atoms with Crippen molar-refractivity contribution < 1.29 is 41.9 Å². The van der Waals surface area contributed by atoms with E-state index in [1.807, 2.05) is 41.8 Å². The fourth-order valence-electron chi connectivity index (χ4n) is 9.19. The van der Waals surface area contributed by atoms with Crippen molar-refractivity contribution in [2.75, 3.05) is 33.4 Å². The van der Waals surface area contributed by atoms with Crippen LogP contribution in [0.15, 0.2) is 41.8 Å². The highest BCUT2D eigenvalue weighted by Crippen LogP contribution is 2.47. The van der Waals surface area contributed by atoms with Crippen molar-refractivity contribution >= 4 is 51.1 Å². The average Bonchev–Trinajstić information content (AvgIpc) is 3.86. The van der Waals surface area contributed by atoms with Gasteiger partial charge in [0, 0.05) is 48.3 Å². The number of aromatic nitrogens is 1. The number of benzene rings is 1. The third kappa shape index (κ3) is 8.47. The molecule has 2 saturated heterocycles. The summed E-state index contributed by atoms with van der Waals surface area (Å²) < 4.78 is 39.0. The van der Waals surface area contributed by atoms with Gasteiger partial charge in [0.1, 0.15) is 23.4 Å². The Morgan fingerprint density at radius 1 is 0.983 bits per heavy atom. The molecule has 3 aliphatic heterocycles. The molecule has 3 N–H and O–H groups in total. The van der Waals surface area contributed by atoms with Gasteiger partial charge in [-0.1, -0.05) is 37.8 Å². The molecule has 6 atom stereocenters. The van der Waals surface area contributed by atoms with E-state index in [9.17, 15) is 32.4 Å². The zero-order valence-corrected chi connectivity index (χ0v) is 34.4. The van der Waals surface area contributed by atoms with E-state index in [-0.39, 0.29) is 44.5 Å². The normalized spacial score (nSPS) is 29.6. The van der Waals surface area contributed by atoms with Gasteiger partial charge in [-0.05, 0) is 81.5 Å². The quantitative estimate of drug-likeness (QED) is 0.311. The summed E-state index contributed by atoms with van der Waals surface area (Å²) in [6.07, 6.45) is 11.8. The number of thiazole rings is 1. The van der Waals surface area contributed by atoms with Crippen LogP contribution in [0.5, 0.6) is 5.75 Å². The Morgan fingerprint density at radius 2 is 1.74 bits per heavy atom. The molecule has 312 valence electrons. The lowest BCUT2D eigenvalue weighted by atomic mass is 9.93. The van der Waals surface area contributed by atoms with Gasteiger partial charge in [0.15, 0.2) is 5.01 Å². The number of carbonyl (C=O) groups is 5. The number of allylic oxidation sites excluding steroid dienone is 1. The van der Waals surface area contributed by atoms with E-state index in [0.717, 1.165) is 44.1 Å². The first-order chi connectivity index (χ1) is 28.0. The second kappa shape index (κ2) is 16.6. The van der Waals surface area contributed by atoms with E-state index in [0.29, 0.717) is 54.5 Å². The monoisotopic (exact) mass is 836 g/mol. The molecule has 8 rings (SSSR count). The summed E-state index contributed by atoms with van der Waals surface area (Å²) in [6.45, 7) is 0.855. The largest absolute Gasteiger partial charge is 0.497 e. The minimum absolute atomic E-state index is 0.147. The highest BCUT2D eigenvalue weighted by atomic mass is 32.2. The molecule has 4 heterocycles. The number of nitrogens with one attached hydrogen (secondary N) is 3. The van der Waals surface area contributed by atoms with E-state index >= 15 is 0 Å². The molecule has 6 aliphatic rings. The van der Waals surface area contributed by atoms with Gasteiger partial charge >= 0.3 is 6.09 Å². The SMILES string of the molecule is COc1ccc(-c2csc(C(=O)N3C[C@H]4CN5C(=O)[C@@H](NC(=O)OCC6CCCC6)CCCCC/C=C\[C@@H]6C[C@@]6(C(=O)NS(=O)(=O)C6CC6)NC(=O)[C@@H]5[C@H]4C3)n2)cc1. The van der Waals surface area contributed by atoms with Gasteiger partial charge in [0.2, 0.25) is 21.8 Å². The van der Waals surface area contributed by atoms with Crippen LogP contribution in [0.25, 0.3) is 11.3 Å². The minimum Gasteiger partial charge on any atom is -0.497 e. The second-order valence-corrected chi connectivity index (χ2v) is 19.6. The third-order valence-electron chi connectivity index (χ3n) is 12.8. The van der Waals surface area contributed by atoms with Crippen LogP contribution in [0.1, 0.15) is 86.9 Å². The molecule has 15 nitrogen and oxygen atoms in total. The number of hydrogen-bond acceptors (Lipinski definition) is 11. The number of methoxy groups -OCH3 is 1. The number of ether oxygens (including phenoxy) is 2. The van der Waals surface area contributed by atoms with Crippen molar-refractivity contribution in [3.05, 3.63) is 46.8 Å². The zero-order chi connectivity index (χ0) is 40.6. The molecular formula is C41H52N6O9S2. The van der Waals surface area contributed by atoms with Crippen LogP contribution in [0.2, 0.25) is 0 Å². The van der Waals surface area contributed by atoms with Gasteiger partial charge in [0.05, 0.1) is 24.7 Å². The van der Waals surface area contributed by atoms with Crippen LogP contribution < -0.4 is 20.1 Å². The van der Waals surface area contributed by atoms with Crippen molar-refractivity contribution in [3.8, 4) is 17.0 Å². The van der Waals surface area contributed by atoms with Gasteiger partial charge in [-0.15, -0.1) is 11.3 Å². The van der Waals surface area contributed by atoms with Crippen LogP contribution in [0.4, 0.5) is 4.79 Å². The van der Waals surface area contributed by atoms with E-state index < -0.39 is 68.5 Å². The smallest absolute Gasteiger partial charge is 0.407 e. The molecule has 0 spiro atoms. The summed E-state index contributed by atoms with van der Waals surface area (Å²) in [5.74, 6) is -2.32. The Labute approximate surface area is 342 Å². The maximum absolute atomic E-state index is 14.7. The summed E-state index contributed by atoms with van der Waals surface area (Å²) in [4.78, 5) is 78.1. The van der Waals surface area contributed by atoms with E-state index in [4.69, 9.17) is 9.47 Å². The summed E-state index contributed by atoms with van der Waals surface area (Å²) in [7, 11) is -2.32. The van der Waals surface area contributed by atoms with E-state index in [2.05, 4.69) is 20.3 Å². The minimum atomic E-state index is -3.91. The molecule has 1 aromatic heterocycles. The van der Waals surface area contributed by atoms with Gasteiger partial charge in [-0.3, -0.25) is 23.9 Å². The molecule has 3 saturated carbocycles. The number of alkyl carbamates (subject to hydrolysis) is 1. The maximum Gasteiger partial charge on any atom is 0.407 e. The summed E-state index contributed by atoms with van der Waals surface area (Å²) in [6, 6.07) is 5.33. The van der Waals surface area contributed by atoms with Crippen LogP contribution >= 0.6 is 11.3 Å². The number of rotatable bonds is 9. The van der Waals surface area contributed by atoms with Gasteiger partial charge in [-0.25, -0.2) is 18.2 Å².